The number of aliphatic hydroxyl groups excluding tert-OH is 1. The van der Waals surface area contributed by atoms with Crippen LogP contribution in [-0.2, 0) is 4.79 Å². The van der Waals surface area contributed by atoms with E-state index >= 15 is 0 Å². The Hall–Kier alpha value is -1.79. The highest BCUT2D eigenvalue weighted by Crippen LogP contribution is 2.34. The van der Waals surface area contributed by atoms with E-state index in [-0.39, 0.29) is 19.3 Å². The molecule has 6 nitrogen and oxygen atoms in total. The molecule has 108 valence electrons. The van der Waals surface area contributed by atoms with Crippen LogP contribution in [0.15, 0.2) is 18.2 Å². The molecule has 0 saturated carbocycles. The van der Waals surface area contributed by atoms with Gasteiger partial charge in [0.2, 0.25) is 12.7 Å². The third kappa shape index (κ3) is 2.86. The van der Waals surface area contributed by atoms with Gasteiger partial charge in [-0.05, 0) is 31.0 Å². The van der Waals surface area contributed by atoms with Gasteiger partial charge in [0.05, 0.1) is 6.54 Å². The van der Waals surface area contributed by atoms with Crippen molar-refractivity contribution in [3.8, 4) is 11.5 Å². The summed E-state index contributed by atoms with van der Waals surface area (Å²) in [7, 11) is 0. The molecule has 0 radical (unpaired) electrons. The normalized spacial score (nSPS) is 21.1. The maximum Gasteiger partial charge on any atom is 0.238 e. The van der Waals surface area contributed by atoms with Crippen LogP contribution in [0.2, 0.25) is 0 Å². The van der Waals surface area contributed by atoms with Crippen LogP contribution in [0, 0.1) is 5.92 Å². The molecule has 1 aromatic carbocycles. The van der Waals surface area contributed by atoms with E-state index in [1.807, 2.05) is 0 Å². The van der Waals surface area contributed by atoms with E-state index in [1.54, 1.807) is 18.2 Å². The van der Waals surface area contributed by atoms with E-state index in [1.165, 1.54) is 0 Å². The summed E-state index contributed by atoms with van der Waals surface area (Å²) in [4.78, 5) is 14.0. The molecule has 6 heteroatoms. The highest BCUT2D eigenvalue weighted by molar-refractivity contribution is 5.92. The van der Waals surface area contributed by atoms with Crippen molar-refractivity contribution in [3.63, 3.8) is 0 Å². The van der Waals surface area contributed by atoms with Crippen LogP contribution in [0.25, 0.3) is 0 Å². The zero-order valence-electron chi connectivity index (χ0n) is 11.2. The molecule has 20 heavy (non-hydrogen) atoms. The molecule has 2 heterocycles. The van der Waals surface area contributed by atoms with Gasteiger partial charge in [-0.15, -0.1) is 0 Å². The Labute approximate surface area is 117 Å². The van der Waals surface area contributed by atoms with Gasteiger partial charge in [-0.25, -0.2) is 0 Å². The number of amides is 1. The number of rotatable bonds is 4. The number of carbonyl (C=O) groups excluding carboxylic acids is 1. The first-order chi connectivity index (χ1) is 9.74. The number of benzene rings is 1. The Morgan fingerprint density at radius 1 is 1.40 bits per heavy atom. The van der Waals surface area contributed by atoms with Crippen LogP contribution in [0.1, 0.15) is 6.42 Å². The van der Waals surface area contributed by atoms with Crippen molar-refractivity contribution in [2.75, 3.05) is 38.4 Å². The number of anilines is 1. The van der Waals surface area contributed by atoms with Crippen molar-refractivity contribution in [3.05, 3.63) is 18.2 Å². The third-order valence-electron chi connectivity index (χ3n) is 3.65. The van der Waals surface area contributed by atoms with E-state index < -0.39 is 0 Å². The van der Waals surface area contributed by atoms with Crippen molar-refractivity contribution in [2.24, 2.45) is 5.92 Å². The number of fused-ring (bicyclic) bond motifs is 1. The summed E-state index contributed by atoms with van der Waals surface area (Å²) < 4.78 is 10.5. The van der Waals surface area contributed by atoms with E-state index in [2.05, 4.69) is 10.2 Å². The minimum atomic E-state index is -0.0533. The lowest BCUT2D eigenvalue weighted by Crippen LogP contribution is -2.31. The molecule has 0 aliphatic carbocycles. The fourth-order valence-corrected chi connectivity index (χ4v) is 2.58. The zero-order valence-corrected chi connectivity index (χ0v) is 11.2. The van der Waals surface area contributed by atoms with Crippen LogP contribution in [0.5, 0.6) is 11.5 Å². The summed E-state index contributed by atoms with van der Waals surface area (Å²) in [5, 5.41) is 11.9. The fraction of sp³-hybridized carbons (Fsp3) is 0.500. The van der Waals surface area contributed by atoms with Crippen LogP contribution in [-0.4, -0.2) is 48.9 Å². The van der Waals surface area contributed by atoms with Gasteiger partial charge in [0.1, 0.15) is 0 Å². The summed E-state index contributed by atoms with van der Waals surface area (Å²) in [5.41, 5.74) is 0.706. The van der Waals surface area contributed by atoms with Crippen molar-refractivity contribution >= 4 is 11.6 Å². The van der Waals surface area contributed by atoms with Gasteiger partial charge in [-0.1, -0.05) is 0 Å². The maximum atomic E-state index is 12.0. The third-order valence-corrected chi connectivity index (χ3v) is 3.65. The molecular weight excluding hydrogens is 260 g/mol. The zero-order chi connectivity index (χ0) is 13.9. The number of aliphatic hydroxyl groups is 1. The van der Waals surface area contributed by atoms with E-state index in [9.17, 15) is 4.79 Å². The van der Waals surface area contributed by atoms with E-state index in [4.69, 9.17) is 14.6 Å². The minimum Gasteiger partial charge on any atom is -0.454 e. The predicted octanol–water partition coefficient (Wildman–Crippen LogP) is 0.668. The standard InChI is InChI=1S/C14H18N2O4/c17-8-10-3-4-16(6-10)7-14(18)15-11-1-2-12-13(5-11)20-9-19-12/h1-2,5,10,17H,3-4,6-9H2,(H,15,18). The Bertz CT molecular complexity index is 506. The Kier molecular flexibility index (Phi) is 3.75. The molecule has 2 aliphatic rings. The van der Waals surface area contributed by atoms with Gasteiger partial charge in [0.15, 0.2) is 11.5 Å². The average molecular weight is 278 g/mol. The van der Waals surface area contributed by atoms with Crippen molar-refractivity contribution in [2.45, 2.75) is 6.42 Å². The molecule has 1 aromatic rings. The second-order valence-electron chi connectivity index (χ2n) is 5.19. The lowest BCUT2D eigenvalue weighted by Gasteiger charge is -2.15. The molecule has 0 spiro atoms. The number of carbonyl (C=O) groups is 1. The quantitative estimate of drug-likeness (QED) is 0.847. The molecule has 0 bridgehead atoms. The van der Waals surface area contributed by atoms with Gasteiger partial charge in [0.25, 0.3) is 0 Å². The van der Waals surface area contributed by atoms with E-state index in [0.717, 1.165) is 19.5 Å². The first kappa shape index (κ1) is 13.2. The second-order valence-corrected chi connectivity index (χ2v) is 5.19. The van der Waals surface area contributed by atoms with Crippen LogP contribution in [0.4, 0.5) is 5.69 Å². The Balaban J connectivity index is 1.54. The Morgan fingerprint density at radius 3 is 3.05 bits per heavy atom. The molecule has 2 aliphatic heterocycles. The SMILES string of the molecule is O=C(CN1CCC(CO)C1)Nc1ccc2c(c1)OCO2. The number of ether oxygens (including phenoxy) is 2. The number of hydrogen-bond donors (Lipinski definition) is 2. The summed E-state index contributed by atoms with van der Waals surface area (Å²) in [6.07, 6.45) is 0.952. The van der Waals surface area contributed by atoms with Crippen LogP contribution in [0.3, 0.4) is 0 Å². The van der Waals surface area contributed by atoms with Crippen LogP contribution < -0.4 is 14.8 Å². The largest absolute Gasteiger partial charge is 0.454 e. The van der Waals surface area contributed by atoms with Gasteiger partial charge >= 0.3 is 0 Å². The topological polar surface area (TPSA) is 71.0 Å². The minimum absolute atomic E-state index is 0.0533. The average Bonchev–Trinajstić information content (AvgIpc) is 3.06. The molecule has 0 aromatic heterocycles. The second kappa shape index (κ2) is 5.68. The van der Waals surface area contributed by atoms with Gasteiger partial charge < -0.3 is 19.9 Å². The van der Waals surface area contributed by atoms with Crippen LogP contribution >= 0.6 is 0 Å². The summed E-state index contributed by atoms with van der Waals surface area (Å²) in [6.45, 7) is 2.42. The highest BCUT2D eigenvalue weighted by atomic mass is 16.7. The monoisotopic (exact) mass is 278 g/mol. The number of nitrogens with one attached hydrogen (secondary N) is 1. The molecule has 2 N–H and O–H groups in total. The number of hydrogen-bond acceptors (Lipinski definition) is 5. The molecular formula is C14H18N2O4. The van der Waals surface area contributed by atoms with Gasteiger partial charge in [-0.2, -0.15) is 0 Å². The highest BCUT2D eigenvalue weighted by Gasteiger charge is 2.23. The lowest BCUT2D eigenvalue weighted by atomic mass is 10.1. The van der Waals surface area contributed by atoms with E-state index in [0.29, 0.717) is 29.6 Å². The van der Waals surface area contributed by atoms with Gasteiger partial charge in [-0.3, -0.25) is 9.69 Å². The molecule has 1 amide bonds. The Morgan fingerprint density at radius 2 is 2.25 bits per heavy atom. The van der Waals surface area contributed by atoms with Crippen molar-refractivity contribution in [1.29, 1.82) is 0 Å². The summed E-state index contributed by atoms with van der Waals surface area (Å²) in [6, 6.07) is 5.35. The lowest BCUT2D eigenvalue weighted by molar-refractivity contribution is -0.117. The molecule has 1 saturated heterocycles. The first-order valence-electron chi connectivity index (χ1n) is 6.77. The molecule has 1 atom stereocenters. The van der Waals surface area contributed by atoms with Crippen molar-refractivity contribution in [1.82, 2.24) is 4.90 Å². The molecule has 3 rings (SSSR count). The van der Waals surface area contributed by atoms with Gasteiger partial charge in [0, 0.05) is 24.9 Å². The summed E-state index contributed by atoms with van der Waals surface area (Å²) >= 11 is 0. The predicted molar refractivity (Wildman–Crippen MR) is 72.8 cm³/mol. The molecule has 1 fully saturated rings. The first-order valence-corrected chi connectivity index (χ1v) is 6.77. The number of likely N-dealkylation sites (tertiary alicyclic amines) is 1. The smallest absolute Gasteiger partial charge is 0.238 e. The fourth-order valence-electron chi connectivity index (χ4n) is 2.58. The molecule has 1 unspecified atom stereocenters. The van der Waals surface area contributed by atoms with Crippen molar-refractivity contribution < 1.29 is 19.4 Å². The number of nitrogens with zero attached hydrogens (tertiary/aromatic N) is 1. The maximum absolute atomic E-state index is 12.0. The summed E-state index contributed by atoms with van der Waals surface area (Å²) in [5.74, 6) is 1.61.